The second-order valence-electron chi connectivity index (χ2n) is 5.01. The summed E-state index contributed by atoms with van der Waals surface area (Å²) in [6.07, 6.45) is 1.11. The molecule has 0 aliphatic carbocycles. The highest BCUT2D eigenvalue weighted by atomic mass is 16.5. The van der Waals surface area contributed by atoms with Crippen LogP contribution in [0, 0.1) is 12.8 Å². The van der Waals surface area contributed by atoms with Gasteiger partial charge in [0.2, 0.25) is 0 Å². The molecule has 1 unspecified atom stereocenters. The van der Waals surface area contributed by atoms with Crippen LogP contribution in [0.5, 0.6) is 0 Å². The molecule has 19 heavy (non-hydrogen) atoms. The Bertz CT molecular complexity index is 474. The first kappa shape index (κ1) is 13.7. The summed E-state index contributed by atoms with van der Waals surface area (Å²) in [6.45, 7) is 4.75. The normalized spacial score (nSPS) is 20.0. The molecule has 1 aliphatic rings. The number of rotatable bonds is 4. The molecule has 1 aromatic rings. The summed E-state index contributed by atoms with van der Waals surface area (Å²) in [5.41, 5.74) is 8.77. The molecule has 5 nitrogen and oxygen atoms in total. The third-order valence-electron chi connectivity index (χ3n) is 3.63. The molecular formula is C14H21N3O2. The van der Waals surface area contributed by atoms with E-state index >= 15 is 0 Å². The Balaban J connectivity index is 2.29. The van der Waals surface area contributed by atoms with Crippen molar-refractivity contribution in [1.82, 2.24) is 0 Å². The summed E-state index contributed by atoms with van der Waals surface area (Å²) in [5, 5.41) is 12.0. The average Bonchev–Trinajstić information content (AvgIpc) is 2.86. The lowest BCUT2D eigenvalue weighted by Gasteiger charge is -2.24. The molecule has 0 bridgehead atoms. The Morgan fingerprint density at radius 3 is 3.05 bits per heavy atom. The maximum absolute atomic E-state index is 8.91. The number of ether oxygens (including phenoxy) is 1. The molecule has 1 saturated heterocycles. The minimum Gasteiger partial charge on any atom is -0.409 e. The first-order valence-corrected chi connectivity index (χ1v) is 6.48. The fourth-order valence-corrected chi connectivity index (χ4v) is 2.75. The van der Waals surface area contributed by atoms with Crippen LogP contribution in [0.3, 0.4) is 0 Å². The van der Waals surface area contributed by atoms with E-state index in [0.717, 1.165) is 42.9 Å². The predicted octanol–water partition coefficient (Wildman–Crippen LogP) is 1.56. The van der Waals surface area contributed by atoms with Crippen molar-refractivity contribution in [2.24, 2.45) is 16.8 Å². The van der Waals surface area contributed by atoms with Crippen LogP contribution in [0.1, 0.15) is 17.5 Å². The van der Waals surface area contributed by atoms with Crippen LogP contribution >= 0.6 is 0 Å². The Labute approximate surface area is 113 Å². The number of hydrogen-bond donors (Lipinski definition) is 2. The number of anilines is 1. The Morgan fingerprint density at radius 2 is 2.37 bits per heavy atom. The number of nitrogens with two attached hydrogens (primary N) is 1. The number of para-hydroxylation sites is 1. The lowest BCUT2D eigenvalue weighted by atomic mass is 10.1. The molecule has 0 amide bonds. The molecule has 1 aromatic carbocycles. The van der Waals surface area contributed by atoms with Gasteiger partial charge in [-0.15, -0.1) is 0 Å². The van der Waals surface area contributed by atoms with E-state index in [-0.39, 0.29) is 5.84 Å². The number of methoxy groups -OCH3 is 1. The van der Waals surface area contributed by atoms with Gasteiger partial charge < -0.3 is 20.6 Å². The Kier molecular flexibility index (Phi) is 4.27. The summed E-state index contributed by atoms with van der Waals surface area (Å²) < 4.78 is 5.22. The van der Waals surface area contributed by atoms with Crippen LogP contribution in [0.4, 0.5) is 5.69 Å². The van der Waals surface area contributed by atoms with Crippen molar-refractivity contribution in [1.29, 1.82) is 0 Å². The smallest absolute Gasteiger partial charge is 0.172 e. The third kappa shape index (κ3) is 2.81. The van der Waals surface area contributed by atoms with E-state index < -0.39 is 0 Å². The Hall–Kier alpha value is -1.75. The van der Waals surface area contributed by atoms with Crippen LogP contribution < -0.4 is 10.6 Å². The molecule has 0 aromatic heterocycles. The molecule has 0 radical (unpaired) electrons. The second-order valence-corrected chi connectivity index (χ2v) is 5.01. The average molecular weight is 263 g/mol. The van der Waals surface area contributed by atoms with Crippen molar-refractivity contribution in [2.75, 3.05) is 31.7 Å². The van der Waals surface area contributed by atoms with E-state index in [2.05, 4.69) is 10.1 Å². The first-order chi connectivity index (χ1) is 9.17. The van der Waals surface area contributed by atoms with Gasteiger partial charge in [-0.25, -0.2) is 0 Å². The monoisotopic (exact) mass is 263 g/mol. The van der Waals surface area contributed by atoms with Gasteiger partial charge in [-0.2, -0.15) is 0 Å². The van der Waals surface area contributed by atoms with Crippen molar-refractivity contribution >= 4 is 11.5 Å². The number of oxime groups is 1. The van der Waals surface area contributed by atoms with Crippen molar-refractivity contribution in [3.05, 3.63) is 29.3 Å². The SMILES string of the molecule is COCC1CCN(c2c(C)cccc2/C(N)=N/O)C1. The zero-order valence-electron chi connectivity index (χ0n) is 11.5. The summed E-state index contributed by atoms with van der Waals surface area (Å²) in [5.74, 6) is 0.707. The molecule has 3 N–H and O–H groups in total. The largest absolute Gasteiger partial charge is 0.409 e. The van der Waals surface area contributed by atoms with E-state index in [1.807, 2.05) is 25.1 Å². The van der Waals surface area contributed by atoms with Gasteiger partial charge in [0.15, 0.2) is 5.84 Å². The standard InChI is InChI=1S/C14H21N3O2/c1-10-4-3-5-12(14(15)16-18)13(10)17-7-6-11(8-17)9-19-2/h3-5,11,18H,6-9H2,1-2H3,(H2,15,16). The highest BCUT2D eigenvalue weighted by Crippen LogP contribution is 2.30. The topological polar surface area (TPSA) is 71.1 Å². The summed E-state index contributed by atoms with van der Waals surface area (Å²) in [4.78, 5) is 2.30. The van der Waals surface area contributed by atoms with Gasteiger partial charge in [0.05, 0.1) is 12.3 Å². The fraction of sp³-hybridized carbons (Fsp3) is 0.500. The van der Waals surface area contributed by atoms with Gasteiger partial charge in [0.25, 0.3) is 0 Å². The molecule has 0 saturated carbocycles. The number of aryl methyl sites for hydroxylation is 1. The number of nitrogens with zero attached hydrogens (tertiary/aromatic N) is 2. The molecule has 5 heteroatoms. The van der Waals surface area contributed by atoms with Crippen molar-refractivity contribution in [2.45, 2.75) is 13.3 Å². The molecule has 1 heterocycles. The van der Waals surface area contributed by atoms with Crippen LogP contribution in [0.15, 0.2) is 23.4 Å². The predicted molar refractivity (Wildman–Crippen MR) is 75.9 cm³/mol. The zero-order valence-corrected chi connectivity index (χ0v) is 11.5. The maximum Gasteiger partial charge on any atom is 0.172 e. The minimum atomic E-state index is 0.161. The molecular weight excluding hydrogens is 242 g/mol. The second kappa shape index (κ2) is 5.93. The summed E-state index contributed by atoms with van der Waals surface area (Å²) >= 11 is 0. The summed E-state index contributed by atoms with van der Waals surface area (Å²) in [7, 11) is 1.73. The maximum atomic E-state index is 8.91. The van der Waals surface area contributed by atoms with E-state index in [0.29, 0.717) is 5.92 Å². The number of hydrogen-bond acceptors (Lipinski definition) is 4. The van der Waals surface area contributed by atoms with Crippen LogP contribution in [0.2, 0.25) is 0 Å². The highest BCUT2D eigenvalue weighted by Gasteiger charge is 2.25. The van der Waals surface area contributed by atoms with Crippen molar-refractivity contribution < 1.29 is 9.94 Å². The molecule has 1 atom stereocenters. The summed E-state index contributed by atoms with van der Waals surface area (Å²) in [6, 6.07) is 5.86. The zero-order chi connectivity index (χ0) is 13.8. The van der Waals surface area contributed by atoms with Gasteiger partial charge in [-0.1, -0.05) is 17.3 Å². The number of benzene rings is 1. The van der Waals surface area contributed by atoms with Gasteiger partial charge in [0, 0.05) is 31.7 Å². The Morgan fingerprint density at radius 1 is 1.58 bits per heavy atom. The van der Waals surface area contributed by atoms with Gasteiger partial charge in [-0.3, -0.25) is 0 Å². The van der Waals surface area contributed by atoms with Gasteiger partial charge in [-0.05, 0) is 25.0 Å². The van der Waals surface area contributed by atoms with Crippen molar-refractivity contribution in [3.8, 4) is 0 Å². The van der Waals surface area contributed by atoms with Crippen molar-refractivity contribution in [3.63, 3.8) is 0 Å². The molecule has 1 aliphatic heterocycles. The van der Waals surface area contributed by atoms with E-state index in [1.165, 1.54) is 0 Å². The van der Waals surface area contributed by atoms with Crippen LogP contribution in [-0.4, -0.2) is 37.8 Å². The molecule has 2 rings (SSSR count). The first-order valence-electron chi connectivity index (χ1n) is 6.48. The molecule has 1 fully saturated rings. The van der Waals surface area contributed by atoms with Gasteiger partial charge in [0.1, 0.15) is 0 Å². The number of amidine groups is 1. The lowest BCUT2D eigenvalue weighted by molar-refractivity contribution is 0.161. The van der Waals surface area contributed by atoms with Crippen LogP contribution in [0.25, 0.3) is 0 Å². The fourth-order valence-electron chi connectivity index (χ4n) is 2.75. The minimum absolute atomic E-state index is 0.161. The van der Waals surface area contributed by atoms with Gasteiger partial charge >= 0.3 is 0 Å². The molecule has 104 valence electrons. The van der Waals surface area contributed by atoms with E-state index in [9.17, 15) is 0 Å². The quantitative estimate of drug-likeness (QED) is 0.374. The van der Waals surface area contributed by atoms with E-state index in [4.69, 9.17) is 15.7 Å². The lowest BCUT2D eigenvalue weighted by Crippen LogP contribution is -2.26. The third-order valence-corrected chi connectivity index (χ3v) is 3.63. The highest BCUT2D eigenvalue weighted by molar-refractivity contribution is 6.02. The molecule has 0 spiro atoms. The van der Waals surface area contributed by atoms with Crippen LogP contribution in [-0.2, 0) is 4.74 Å². The van der Waals surface area contributed by atoms with E-state index in [1.54, 1.807) is 7.11 Å².